The molecule has 3 rings (SSSR count). The van der Waals surface area contributed by atoms with Crippen molar-refractivity contribution >= 4 is 21.8 Å². The maximum atomic E-state index is 12.5. The van der Waals surface area contributed by atoms with E-state index in [1.165, 1.54) is 0 Å². The van der Waals surface area contributed by atoms with Gasteiger partial charge >= 0.3 is 0 Å². The average molecular weight is 376 g/mol. The normalized spacial score (nSPS) is 12.8. The van der Waals surface area contributed by atoms with E-state index in [-0.39, 0.29) is 5.91 Å². The van der Waals surface area contributed by atoms with E-state index < -0.39 is 0 Å². The molecule has 4 nitrogen and oxygen atoms in total. The molecule has 0 radical (unpaired) electrons. The molecular weight excluding hydrogens is 358 g/mol. The maximum absolute atomic E-state index is 12.5. The van der Waals surface area contributed by atoms with Crippen LogP contribution in [0.3, 0.4) is 0 Å². The molecule has 1 heterocycles. The lowest BCUT2D eigenvalue weighted by atomic mass is 10.1. The molecule has 0 unspecified atom stereocenters. The second kappa shape index (κ2) is 7.04. The van der Waals surface area contributed by atoms with Gasteiger partial charge in [-0.15, -0.1) is 0 Å². The molecule has 0 aliphatic carbocycles. The van der Waals surface area contributed by atoms with Crippen LogP contribution in [0.1, 0.15) is 11.1 Å². The monoisotopic (exact) mass is 375 g/mol. The number of carbonyl (C=O) groups is 1. The smallest absolute Gasteiger partial charge is 0.227 e. The number of fused-ring (bicyclic) bond motifs is 1. The van der Waals surface area contributed by atoms with Crippen LogP contribution < -0.4 is 9.47 Å². The molecule has 0 spiro atoms. The predicted octanol–water partition coefficient (Wildman–Crippen LogP) is 3.42. The van der Waals surface area contributed by atoms with Gasteiger partial charge in [0.2, 0.25) is 5.91 Å². The molecule has 1 amide bonds. The fourth-order valence-electron chi connectivity index (χ4n) is 2.48. The molecule has 5 heteroatoms. The highest BCUT2D eigenvalue weighted by molar-refractivity contribution is 9.10. The van der Waals surface area contributed by atoms with Gasteiger partial charge in [-0.2, -0.15) is 0 Å². The van der Waals surface area contributed by atoms with E-state index in [1.807, 2.05) is 49.5 Å². The van der Waals surface area contributed by atoms with Crippen molar-refractivity contribution in [3.05, 3.63) is 58.1 Å². The molecule has 0 saturated carbocycles. The second-order valence-electron chi connectivity index (χ2n) is 5.50. The van der Waals surface area contributed by atoms with Crippen molar-refractivity contribution in [2.75, 3.05) is 20.3 Å². The zero-order valence-corrected chi connectivity index (χ0v) is 14.5. The Morgan fingerprint density at radius 2 is 1.78 bits per heavy atom. The van der Waals surface area contributed by atoms with E-state index in [0.29, 0.717) is 31.9 Å². The second-order valence-corrected chi connectivity index (χ2v) is 6.35. The lowest BCUT2D eigenvalue weighted by Gasteiger charge is -2.21. The zero-order chi connectivity index (χ0) is 16.2. The minimum atomic E-state index is 0.0613. The van der Waals surface area contributed by atoms with Crippen LogP contribution in [0.5, 0.6) is 11.5 Å². The molecule has 0 N–H and O–H groups in total. The molecule has 1 aliphatic heterocycles. The predicted molar refractivity (Wildman–Crippen MR) is 91.8 cm³/mol. The van der Waals surface area contributed by atoms with Crippen molar-refractivity contribution < 1.29 is 14.3 Å². The van der Waals surface area contributed by atoms with Crippen LogP contribution >= 0.6 is 15.9 Å². The highest BCUT2D eigenvalue weighted by Gasteiger charge is 2.18. The SMILES string of the molecule is CN(Cc1ccccc1)C(=O)Cc1cc2c(cc1Br)OCCO2. The summed E-state index contributed by atoms with van der Waals surface area (Å²) in [5, 5.41) is 0. The third-order valence-corrected chi connectivity index (χ3v) is 4.48. The lowest BCUT2D eigenvalue weighted by Crippen LogP contribution is -2.28. The quantitative estimate of drug-likeness (QED) is 0.821. The van der Waals surface area contributed by atoms with Crippen LogP contribution in [0, 0.1) is 0 Å². The topological polar surface area (TPSA) is 38.8 Å². The molecular formula is C18H18BrNO3. The summed E-state index contributed by atoms with van der Waals surface area (Å²) in [6.07, 6.45) is 0.320. The Morgan fingerprint density at radius 1 is 1.13 bits per heavy atom. The Labute approximate surface area is 144 Å². The fraction of sp³-hybridized carbons (Fsp3) is 0.278. The first-order chi connectivity index (χ1) is 11.1. The number of carbonyl (C=O) groups excluding carboxylic acids is 1. The van der Waals surface area contributed by atoms with Crippen LogP contribution in [0.4, 0.5) is 0 Å². The first kappa shape index (κ1) is 15.9. The number of benzene rings is 2. The molecule has 0 atom stereocenters. The van der Waals surface area contributed by atoms with Crippen LogP contribution in [-0.2, 0) is 17.8 Å². The van der Waals surface area contributed by atoms with Crippen LogP contribution in [0.15, 0.2) is 46.9 Å². The van der Waals surface area contributed by atoms with E-state index in [1.54, 1.807) is 4.90 Å². The summed E-state index contributed by atoms with van der Waals surface area (Å²) in [7, 11) is 1.82. The lowest BCUT2D eigenvalue weighted by molar-refractivity contribution is -0.129. The van der Waals surface area contributed by atoms with E-state index in [2.05, 4.69) is 15.9 Å². The Kier molecular flexibility index (Phi) is 4.86. The summed E-state index contributed by atoms with van der Waals surface area (Å²) in [6, 6.07) is 13.7. The molecule has 0 bridgehead atoms. The number of nitrogens with zero attached hydrogens (tertiary/aromatic N) is 1. The standard InChI is InChI=1S/C18H18BrNO3/c1-20(12-13-5-3-2-4-6-13)18(21)10-14-9-16-17(11-15(14)19)23-8-7-22-16/h2-6,9,11H,7-8,10,12H2,1H3. The first-order valence-corrected chi connectivity index (χ1v) is 8.28. The average Bonchev–Trinajstić information content (AvgIpc) is 2.56. The third kappa shape index (κ3) is 3.85. The molecule has 0 saturated heterocycles. The van der Waals surface area contributed by atoms with Crippen molar-refractivity contribution in [2.24, 2.45) is 0 Å². The summed E-state index contributed by atoms with van der Waals surface area (Å²) in [4.78, 5) is 14.2. The summed E-state index contributed by atoms with van der Waals surface area (Å²) in [5.74, 6) is 1.48. The van der Waals surface area contributed by atoms with Gasteiger partial charge in [0.05, 0.1) is 6.42 Å². The number of hydrogen-bond acceptors (Lipinski definition) is 3. The number of rotatable bonds is 4. The van der Waals surface area contributed by atoms with Gasteiger partial charge in [0.15, 0.2) is 11.5 Å². The first-order valence-electron chi connectivity index (χ1n) is 7.49. The Bertz CT molecular complexity index is 703. The van der Waals surface area contributed by atoms with E-state index in [0.717, 1.165) is 21.3 Å². The molecule has 23 heavy (non-hydrogen) atoms. The van der Waals surface area contributed by atoms with Crippen molar-refractivity contribution in [3.63, 3.8) is 0 Å². The largest absolute Gasteiger partial charge is 0.486 e. The molecule has 0 fully saturated rings. The van der Waals surface area contributed by atoms with Crippen LogP contribution in [-0.4, -0.2) is 31.1 Å². The van der Waals surface area contributed by atoms with Gasteiger partial charge in [-0.25, -0.2) is 0 Å². The number of amides is 1. The van der Waals surface area contributed by atoms with E-state index in [9.17, 15) is 4.79 Å². The Balaban J connectivity index is 1.70. The van der Waals surface area contributed by atoms with Gasteiger partial charge < -0.3 is 14.4 Å². The fourth-order valence-corrected chi connectivity index (χ4v) is 2.95. The number of hydrogen-bond donors (Lipinski definition) is 0. The highest BCUT2D eigenvalue weighted by atomic mass is 79.9. The summed E-state index contributed by atoms with van der Waals surface area (Å²) >= 11 is 3.51. The molecule has 0 aromatic heterocycles. The summed E-state index contributed by atoms with van der Waals surface area (Å²) in [6.45, 7) is 1.69. The number of ether oxygens (including phenoxy) is 2. The van der Waals surface area contributed by atoms with Gasteiger partial charge in [-0.1, -0.05) is 46.3 Å². The van der Waals surface area contributed by atoms with Crippen LogP contribution in [0.25, 0.3) is 0 Å². The number of likely N-dealkylation sites (N-methyl/N-ethyl adjacent to an activating group) is 1. The molecule has 1 aliphatic rings. The summed E-state index contributed by atoms with van der Waals surface area (Å²) in [5.41, 5.74) is 2.02. The van der Waals surface area contributed by atoms with Crippen molar-refractivity contribution in [2.45, 2.75) is 13.0 Å². The van der Waals surface area contributed by atoms with E-state index >= 15 is 0 Å². The molecule has 2 aromatic rings. The Hall–Kier alpha value is -2.01. The van der Waals surface area contributed by atoms with Crippen molar-refractivity contribution in [1.82, 2.24) is 4.90 Å². The van der Waals surface area contributed by atoms with Gasteiger partial charge in [-0.05, 0) is 23.3 Å². The van der Waals surface area contributed by atoms with Gasteiger partial charge in [0.25, 0.3) is 0 Å². The number of halogens is 1. The zero-order valence-electron chi connectivity index (χ0n) is 12.9. The molecule has 2 aromatic carbocycles. The van der Waals surface area contributed by atoms with E-state index in [4.69, 9.17) is 9.47 Å². The van der Waals surface area contributed by atoms with Crippen LogP contribution in [0.2, 0.25) is 0 Å². The van der Waals surface area contributed by atoms with Gasteiger partial charge in [-0.3, -0.25) is 4.79 Å². The maximum Gasteiger partial charge on any atom is 0.227 e. The summed E-state index contributed by atoms with van der Waals surface area (Å²) < 4.78 is 12.0. The van der Waals surface area contributed by atoms with Gasteiger partial charge in [0, 0.05) is 18.1 Å². The third-order valence-electron chi connectivity index (χ3n) is 3.74. The Morgan fingerprint density at radius 3 is 2.48 bits per heavy atom. The van der Waals surface area contributed by atoms with Crippen molar-refractivity contribution in [3.8, 4) is 11.5 Å². The molecule has 120 valence electrons. The van der Waals surface area contributed by atoms with Gasteiger partial charge in [0.1, 0.15) is 13.2 Å². The minimum Gasteiger partial charge on any atom is -0.486 e. The van der Waals surface area contributed by atoms with Crippen molar-refractivity contribution in [1.29, 1.82) is 0 Å². The highest BCUT2D eigenvalue weighted by Crippen LogP contribution is 2.35. The minimum absolute atomic E-state index is 0.0613.